The van der Waals surface area contributed by atoms with Crippen molar-refractivity contribution in [3.05, 3.63) is 83.4 Å². The number of benzene rings is 3. The number of aryl methyl sites for hydroxylation is 2. The molecule has 0 aliphatic carbocycles. The zero-order valence-electron chi connectivity index (χ0n) is 18.3. The number of aromatic amines is 1. The molecule has 1 aromatic heterocycles. The number of aromatic nitrogens is 2. The van der Waals surface area contributed by atoms with Crippen molar-refractivity contribution >= 4 is 28.6 Å². The van der Waals surface area contributed by atoms with Crippen LogP contribution in [0.3, 0.4) is 0 Å². The van der Waals surface area contributed by atoms with Crippen molar-refractivity contribution in [2.45, 2.75) is 33.3 Å². The summed E-state index contributed by atoms with van der Waals surface area (Å²) in [4.78, 5) is 33.8. The maximum absolute atomic E-state index is 13.1. The van der Waals surface area contributed by atoms with E-state index in [-0.39, 0.29) is 5.91 Å². The van der Waals surface area contributed by atoms with E-state index in [2.05, 4.69) is 15.3 Å². The molecule has 0 aliphatic rings. The molecule has 6 heteroatoms. The van der Waals surface area contributed by atoms with E-state index < -0.39 is 12.1 Å². The summed E-state index contributed by atoms with van der Waals surface area (Å²) in [6, 6.07) is 20.6. The highest BCUT2D eigenvalue weighted by Gasteiger charge is 2.25. The number of hydrogen-bond donors (Lipinski definition) is 2. The van der Waals surface area contributed by atoms with Crippen LogP contribution < -0.4 is 5.32 Å². The first-order chi connectivity index (χ1) is 15.5. The van der Waals surface area contributed by atoms with Crippen LogP contribution in [0.1, 0.15) is 34.8 Å². The van der Waals surface area contributed by atoms with Crippen molar-refractivity contribution in [3.63, 3.8) is 0 Å². The number of hydrogen-bond acceptors (Lipinski definition) is 4. The molecule has 1 unspecified atom stereocenters. The largest absolute Gasteiger partial charge is 0.449 e. The Hall–Kier alpha value is -3.93. The van der Waals surface area contributed by atoms with E-state index in [0.717, 1.165) is 27.8 Å². The monoisotopic (exact) mass is 427 g/mol. The molecule has 4 aromatic rings. The zero-order valence-corrected chi connectivity index (χ0v) is 18.3. The number of carbonyl (C=O) groups is 2. The Morgan fingerprint density at radius 1 is 0.969 bits per heavy atom. The van der Waals surface area contributed by atoms with E-state index in [4.69, 9.17) is 4.74 Å². The lowest BCUT2D eigenvalue weighted by atomic mass is 10.1. The number of nitrogens with zero attached hydrogens (tertiary/aromatic N) is 1. The SMILES string of the molecule is CCC(OC(=O)c1ccccc1-c1nc2ccccc2[nH]1)C(=O)Nc1c(C)cccc1C. The van der Waals surface area contributed by atoms with Crippen molar-refractivity contribution in [2.24, 2.45) is 0 Å². The van der Waals surface area contributed by atoms with E-state index in [1.807, 2.05) is 75.4 Å². The molecule has 0 fully saturated rings. The summed E-state index contributed by atoms with van der Waals surface area (Å²) in [5, 5.41) is 2.92. The molecule has 0 spiro atoms. The Kier molecular flexibility index (Phi) is 6.03. The van der Waals surface area contributed by atoms with Crippen LogP contribution in [0.4, 0.5) is 5.69 Å². The standard InChI is InChI=1S/C26H25N3O3/c1-4-22(25(30)29-23-16(2)10-9-11-17(23)3)32-26(31)19-13-6-5-12-18(19)24-27-20-14-7-8-15-21(20)28-24/h5-15,22H,4H2,1-3H3,(H,27,28)(H,29,30). The lowest BCUT2D eigenvalue weighted by molar-refractivity contribution is -0.124. The molecule has 0 radical (unpaired) electrons. The maximum Gasteiger partial charge on any atom is 0.339 e. The van der Waals surface area contributed by atoms with Crippen LogP contribution in [0.25, 0.3) is 22.4 Å². The number of anilines is 1. The molecule has 0 saturated carbocycles. The summed E-state index contributed by atoms with van der Waals surface area (Å²) in [5.41, 5.74) is 5.32. The third-order valence-electron chi connectivity index (χ3n) is 5.43. The molecule has 162 valence electrons. The predicted molar refractivity (Wildman–Crippen MR) is 126 cm³/mol. The maximum atomic E-state index is 13.1. The fourth-order valence-electron chi connectivity index (χ4n) is 3.68. The predicted octanol–water partition coefficient (Wildman–Crippen LogP) is 5.42. The van der Waals surface area contributed by atoms with E-state index in [0.29, 0.717) is 23.4 Å². The van der Waals surface area contributed by atoms with Crippen LogP contribution >= 0.6 is 0 Å². The fraction of sp³-hybridized carbons (Fsp3) is 0.192. The molecule has 32 heavy (non-hydrogen) atoms. The Morgan fingerprint density at radius 3 is 2.38 bits per heavy atom. The first-order valence-corrected chi connectivity index (χ1v) is 10.6. The van der Waals surface area contributed by atoms with Crippen molar-refractivity contribution in [1.82, 2.24) is 9.97 Å². The fourth-order valence-corrected chi connectivity index (χ4v) is 3.68. The molecule has 4 rings (SSSR count). The second-order valence-corrected chi connectivity index (χ2v) is 7.71. The van der Waals surface area contributed by atoms with Crippen LogP contribution in [0.15, 0.2) is 66.7 Å². The second-order valence-electron chi connectivity index (χ2n) is 7.71. The van der Waals surface area contributed by atoms with Crippen molar-refractivity contribution in [1.29, 1.82) is 0 Å². The van der Waals surface area contributed by atoms with E-state index in [9.17, 15) is 9.59 Å². The second kappa shape index (κ2) is 9.06. The number of rotatable bonds is 6. The first kappa shape index (κ1) is 21.3. The smallest absolute Gasteiger partial charge is 0.339 e. The van der Waals surface area contributed by atoms with Crippen molar-refractivity contribution in [3.8, 4) is 11.4 Å². The third kappa shape index (κ3) is 4.25. The van der Waals surface area contributed by atoms with E-state index in [1.54, 1.807) is 12.1 Å². The average Bonchev–Trinajstić information content (AvgIpc) is 3.24. The van der Waals surface area contributed by atoms with E-state index in [1.165, 1.54) is 0 Å². The van der Waals surface area contributed by atoms with Gasteiger partial charge in [-0.05, 0) is 49.6 Å². The van der Waals surface area contributed by atoms with Crippen LogP contribution in [-0.4, -0.2) is 27.9 Å². The summed E-state index contributed by atoms with van der Waals surface area (Å²) >= 11 is 0. The lowest BCUT2D eigenvalue weighted by Crippen LogP contribution is -2.32. The summed E-state index contributed by atoms with van der Waals surface area (Å²) in [6.07, 6.45) is -0.555. The molecule has 1 amide bonds. The minimum absolute atomic E-state index is 0.348. The molecular formula is C26H25N3O3. The highest BCUT2D eigenvalue weighted by Crippen LogP contribution is 2.25. The van der Waals surface area contributed by atoms with Gasteiger partial charge < -0.3 is 15.0 Å². The molecular weight excluding hydrogens is 402 g/mol. The van der Waals surface area contributed by atoms with Gasteiger partial charge in [0, 0.05) is 11.3 Å². The van der Waals surface area contributed by atoms with E-state index >= 15 is 0 Å². The first-order valence-electron chi connectivity index (χ1n) is 10.6. The van der Waals surface area contributed by atoms with Crippen LogP contribution in [-0.2, 0) is 9.53 Å². The molecule has 0 aliphatic heterocycles. The normalized spacial score (nSPS) is 11.8. The van der Waals surface area contributed by atoms with Gasteiger partial charge in [0.2, 0.25) is 0 Å². The summed E-state index contributed by atoms with van der Waals surface area (Å²) in [6.45, 7) is 5.67. The molecule has 2 N–H and O–H groups in total. The number of amides is 1. The Labute approximate surface area is 186 Å². The van der Waals surface area contributed by atoms with Crippen LogP contribution in [0.5, 0.6) is 0 Å². The highest BCUT2D eigenvalue weighted by molar-refractivity contribution is 6.01. The Balaban J connectivity index is 1.57. The molecule has 3 aromatic carbocycles. The summed E-state index contributed by atoms with van der Waals surface area (Å²) in [7, 11) is 0. The van der Waals surface area contributed by atoms with Gasteiger partial charge >= 0.3 is 5.97 Å². The number of imidazole rings is 1. The van der Waals surface area contributed by atoms with Gasteiger partial charge in [0.05, 0.1) is 16.6 Å². The average molecular weight is 428 g/mol. The number of para-hydroxylation sites is 3. The number of ether oxygens (including phenoxy) is 1. The van der Waals surface area contributed by atoms with Gasteiger partial charge in [0.25, 0.3) is 5.91 Å². The van der Waals surface area contributed by atoms with Crippen molar-refractivity contribution < 1.29 is 14.3 Å². The van der Waals surface area contributed by atoms with Crippen molar-refractivity contribution in [2.75, 3.05) is 5.32 Å². The van der Waals surface area contributed by atoms with Gasteiger partial charge in [-0.1, -0.05) is 55.5 Å². The van der Waals surface area contributed by atoms with Gasteiger partial charge in [-0.2, -0.15) is 0 Å². The van der Waals surface area contributed by atoms with Gasteiger partial charge in [0.15, 0.2) is 6.10 Å². The number of nitrogens with one attached hydrogen (secondary N) is 2. The lowest BCUT2D eigenvalue weighted by Gasteiger charge is -2.18. The Bertz CT molecular complexity index is 1240. The molecule has 1 heterocycles. The number of carbonyl (C=O) groups excluding carboxylic acids is 2. The summed E-state index contributed by atoms with van der Waals surface area (Å²) < 4.78 is 5.64. The molecule has 0 bridgehead atoms. The van der Waals surface area contributed by atoms with Gasteiger partial charge in [-0.25, -0.2) is 9.78 Å². The topological polar surface area (TPSA) is 84.1 Å². The highest BCUT2D eigenvalue weighted by atomic mass is 16.5. The van der Waals surface area contributed by atoms with Crippen LogP contribution in [0, 0.1) is 13.8 Å². The van der Waals surface area contributed by atoms with Gasteiger partial charge in [0.1, 0.15) is 5.82 Å². The van der Waals surface area contributed by atoms with Crippen LogP contribution in [0.2, 0.25) is 0 Å². The van der Waals surface area contributed by atoms with Gasteiger partial charge in [-0.3, -0.25) is 4.79 Å². The number of esters is 1. The molecule has 0 saturated heterocycles. The van der Waals surface area contributed by atoms with Gasteiger partial charge in [-0.15, -0.1) is 0 Å². The number of H-pyrrole nitrogens is 1. The Morgan fingerprint density at radius 2 is 1.66 bits per heavy atom. The minimum atomic E-state index is -0.912. The third-order valence-corrected chi connectivity index (χ3v) is 5.43. The zero-order chi connectivity index (χ0) is 22.7. The minimum Gasteiger partial charge on any atom is -0.449 e. The summed E-state index contributed by atoms with van der Waals surface area (Å²) in [5.74, 6) is -0.337. The quantitative estimate of drug-likeness (QED) is 0.402. The number of fused-ring (bicyclic) bond motifs is 1. The molecule has 1 atom stereocenters. The molecule has 6 nitrogen and oxygen atoms in total.